The zero-order valence-electron chi connectivity index (χ0n) is 6.04. The molecule has 1 rings (SSSR count). The van der Waals surface area contributed by atoms with E-state index in [1.165, 1.54) is 13.8 Å². The van der Waals surface area contributed by atoms with E-state index < -0.39 is 11.9 Å². The minimum atomic E-state index is -4.39. The van der Waals surface area contributed by atoms with E-state index >= 15 is 0 Å². The third-order valence-electron chi connectivity index (χ3n) is 1.22. The van der Waals surface area contributed by atoms with Gasteiger partial charge in [-0.2, -0.15) is 18.2 Å². The van der Waals surface area contributed by atoms with Gasteiger partial charge in [-0.05, 0) is 0 Å². The highest BCUT2D eigenvalue weighted by Crippen LogP contribution is 2.30. The summed E-state index contributed by atoms with van der Waals surface area (Å²) in [7, 11) is 0. The number of alkyl halides is 3. The van der Waals surface area contributed by atoms with Crippen molar-refractivity contribution in [2.24, 2.45) is 0 Å². The van der Waals surface area contributed by atoms with Crippen molar-refractivity contribution in [3.05, 3.63) is 17.3 Å². The van der Waals surface area contributed by atoms with E-state index in [4.69, 9.17) is 0 Å². The average molecular weight is 166 g/mol. The summed E-state index contributed by atoms with van der Waals surface area (Å²) in [6, 6.07) is 0. The summed E-state index contributed by atoms with van der Waals surface area (Å²) in [5, 5.41) is 0. The van der Waals surface area contributed by atoms with E-state index in [2.05, 4.69) is 9.40 Å². The van der Waals surface area contributed by atoms with Gasteiger partial charge in [-0.3, -0.25) is 0 Å². The molecule has 62 valence electrons. The number of aromatic amines is 1. The normalized spacial score (nSPS) is 12.1. The van der Waals surface area contributed by atoms with E-state index in [0.717, 1.165) is 0 Å². The highest BCUT2D eigenvalue weighted by atomic mass is 19.4. The van der Waals surface area contributed by atoms with Crippen LogP contribution in [0.3, 0.4) is 0 Å². The number of oxazole rings is 1. The number of aryl methyl sites for hydroxylation is 2. The summed E-state index contributed by atoms with van der Waals surface area (Å²) in [6.45, 7) is 2.75. The number of nitrogens with one attached hydrogen (secondary N) is 1. The van der Waals surface area contributed by atoms with Gasteiger partial charge in [0.2, 0.25) is 5.69 Å². The molecule has 2 nitrogen and oxygen atoms in total. The van der Waals surface area contributed by atoms with Crippen molar-refractivity contribution in [1.82, 2.24) is 0 Å². The second-order valence-electron chi connectivity index (χ2n) is 2.24. The quantitative estimate of drug-likeness (QED) is 0.576. The molecule has 0 unspecified atom stereocenters. The second kappa shape index (κ2) is 2.25. The van der Waals surface area contributed by atoms with Gasteiger partial charge in [0.05, 0.1) is 6.92 Å². The lowest BCUT2D eigenvalue weighted by atomic mass is 10.4. The number of rotatable bonds is 0. The van der Waals surface area contributed by atoms with Crippen molar-refractivity contribution in [2.75, 3.05) is 0 Å². The Morgan fingerprint density at radius 2 is 1.82 bits per heavy atom. The predicted octanol–water partition coefficient (Wildman–Crippen LogP) is 1.73. The third kappa shape index (κ3) is 1.53. The van der Waals surface area contributed by atoms with E-state index in [1.54, 1.807) is 0 Å². The molecule has 0 aliphatic heterocycles. The van der Waals surface area contributed by atoms with Gasteiger partial charge in [0.15, 0.2) is 0 Å². The second-order valence-corrected chi connectivity index (χ2v) is 2.24. The van der Waals surface area contributed by atoms with Crippen molar-refractivity contribution >= 4 is 0 Å². The first-order valence-corrected chi connectivity index (χ1v) is 2.98. The molecular weight excluding hydrogens is 159 g/mol. The summed E-state index contributed by atoms with van der Waals surface area (Å²) in [4.78, 5) is 2.43. The molecule has 11 heavy (non-hydrogen) atoms. The first kappa shape index (κ1) is 8.10. The Bertz CT molecular complexity index is 263. The fourth-order valence-corrected chi connectivity index (χ4v) is 0.846. The van der Waals surface area contributed by atoms with Gasteiger partial charge in [-0.25, -0.2) is 0 Å². The van der Waals surface area contributed by atoms with E-state index in [1.807, 2.05) is 0 Å². The van der Waals surface area contributed by atoms with Crippen LogP contribution in [-0.2, 0) is 6.18 Å². The van der Waals surface area contributed by atoms with Crippen LogP contribution in [0.15, 0.2) is 4.42 Å². The van der Waals surface area contributed by atoms with Crippen LogP contribution in [0.4, 0.5) is 13.2 Å². The molecule has 1 N–H and O–H groups in total. The van der Waals surface area contributed by atoms with Crippen LogP contribution in [0, 0.1) is 13.8 Å². The summed E-state index contributed by atoms with van der Waals surface area (Å²) in [6.07, 6.45) is -4.39. The van der Waals surface area contributed by atoms with E-state index in [9.17, 15) is 13.2 Å². The number of halogens is 3. The SMILES string of the molecule is Cc1[nH+]c(C)c(C(F)(F)F)o1. The maximum Gasteiger partial charge on any atom is 0.456 e. The van der Waals surface area contributed by atoms with Crippen LogP contribution in [-0.4, -0.2) is 0 Å². The lowest BCUT2D eigenvalue weighted by Crippen LogP contribution is -2.10. The lowest BCUT2D eigenvalue weighted by molar-refractivity contribution is -0.403. The molecule has 0 fully saturated rings. The Morgan fingerprint density at radius 3 is 2.00 bits per heavy atom. The van der Waals surface area contributed by atoms with Gasteiger partial charge in [0, 0.05) is 6.92 Å². The largest absolute Gasteiger partial charge is 0.456 e. The Hall–Kier alpha value is -1.00. The van der Waals surface area contributed by atoms with Crippen molar-refractivity contribution in [3.63, 3.8) is 0 Å². The standard InChI is InChI=1S/C6H6F3NO/c1-3-5(6(7,8)9)11-4(2)10-3/h1-2H3/p+1. The summed E-state index contributed by atoms with van der Waals surface area (Å²) < 4.78 is 40.2. The van der Waals surface area contributed by atoms with Crippen molar-refractivity contribution in [3.8, 4) is 0 Å². The number of hydrogen-bond acceptors (Lipinski definition) is 1. The topological polar surface area (TPSA) is 27.3 Å². The first-order chi connectivity index (χ1) is 4.91. The monoisotopic (exact) mass is 166 g/mol. The van der Waals surface area contributed by atoms with Crippen molar-refractivity contribution in [2.45, 2.75) is 20.0 Å². The average Bonchev–Trinajstić information content (AvgIpc) is 2.08. The molecule has 0 aliphatic rings. The Kier molecular flexibility index (Phi) is 1.66. The van der Waals surface area contributed by atoms with Crippen molar-refractivity contribution in [1.29, 1.82) is 0 Å². The molecule has 0 amide bonds. The molecular formula is C6H7F3NO+. The zero-order valence-corrected chi connectivity index (χ0v) is 6.04. The van der Waals surface area contributed by atoms with Gasteiger partial charge >= 0.3 is 12.1 Å². The molecule has 0 radical (unpaired) electrons. The van der Waals surface area contributed by atoms with Crippen LogP contribution in [0.1, 0.15) is 17.3 Å². The number of hydrogen-bond donors (Lipinski definition) is 0. The smallest absolute Gasteiger partial charge is 0.397 e. The maximum absolute atomic E-state index is 11.9. The van der Waals surface area contributed by atoms with Crippen LogP contribution in [0.2, 0.25) is 0 Å². The van der Waals surface area contributed by atoms with E-state index in [0.29, 0.717) is 0 Å². The highest BCUT2D eigenvalue weighted by molar-refractivity contribution is 5.03. The fourth-order valence-electron chi connectivity index (χ4n) is 0.846. The third-order valence-corrected chi connectivity index (χ3v) is 1.22. The summed E-state index contributed by atoms with van der Waals surface area (Å²) >= 11 is 0. The van der Waals surface area contributed by atoms with Crippen LogP contribution in [0.5, 0.6) is 0 Å². The molecule has 0 saturated heterocycles. The lowest BCUT2D eigenvalue weighted by Gasteiger charge is -1.97. The molecule has 5 heteroatoms. The Labute approximate surface area is 61.0 Å². The number of aromatic nitrogens is 1. The molecule has 0 bridgehead atoms. The first-order valence-electron chi connectivity index (χ1n) is 2.98. The Morgan fingerprint density at radius 1 is 1.27 bits per heavy atom. The van der Waals surface area contributed by atoms with Gasteiger partial charge < -0.3 is 4.42 Å². The van der Waals surface area contributed by atoms with Crippen LogP contribution >= 0.6 is 0 Å². The summed E-state index contributed by atoms with van der Waals surface area (Å²) in [5.74, 6) is -0.787. The molecule has 1 aromatic rings. The molecule has 1 aromatic heterocycles. The van der Waals surface area contributed by atoms with Crippen LogP contribution < -0.4 is 4.98 Å². The predicted molar refractivity (Wildman–Crippen MR) is 29.7 cm³/mol. The van der Waals surface area contributed by atoms with E-state index in [-0.39, 0.29) is 11.6 Å². The highest BCUT2D eigenvalue weighted by Gasteiger charge is 2.40. The molecule has 0 atom stereocenters. The van der Waals surface area contributed by atoms with Gasteiger partial charge in [-0.1, -0.05) is 0 Å². The zero-order chi connectivity index (χ0) is 8.65. The Balaban J connectivity index is 3.13. The van der Waals surface area contributed by atoms with Gasteiger partial charge in [-0.15, -0.1) is 0 Å². The maximum atomic E-state index is 11.9. The fraction of sp³-hybridized carbons (Fsp3) is 0.500. The molecule has 1 heterocycles. The van der Waals surface area contributed by atoms with Crippen LogP contribution in [0.25, 0.3) is 0 Å². The molecule has 0 saturated carbocycles. The molecule has 0 aromatic carbocycles. The van der Waals surface area contributed by atoms with Crippen molar-refractivity contribution < 1.29 is 22.6 Å². The van der Waals surface area contributed by atoms with Gasteiger partial charge in [0.1, 0.15) is 0 Å². The molecule has 0 aliphatic carbocycles. The van der Waals surface area contributed by atoms with Gasteiger partial charge in [0.25, 0.3) is 5.76 Å². The summed E-state index contributed by atoms with van der Waals surface area (Å²) in [5.41, 5.74) is 0.00926. The minimum absolute atomic E-state index is 0.00926. The minimum Gasteiger partial charge on any atom is -0.397 e. The molecule has 0 spiro atoms. The number of H-pyrrole nitrogens is 1.